The van der Waals surface area contributed by atoms with Crippen molar-refractivity contribution in [1.29, 1.82) is 0 Å². The Balaban J connectivity index is 2.80. The summed E-state index contributed by atoms with van der Waals surface area (Å²) in [5.41, 5.74) is 0. The molecule has 0 rings (SSSR count). The van der Waals surface area contributed by atoms with Crippen molar-refractivity contribution in [3.05, 3.63) is 0 Å². The SMILES string of the molecule is C#CCSCCSCC#C. The average Bonchev–Trinajstić information content (AvgIpc) is 1.97. The third kappa shape index (κ3) is 7.82. The molecule has 0 aromatic rings. The molecule has 0 aliphatic rings. The van der Waals surface area contributed by atoms with Crippen molar-refractivity contribution < 1.29 is 0 Å². The molecule has 2 heteroatoms. The molecule has 0 saturated heterocycles. The van der Waals surface area contributed by atoms with Crippen molar-refractivity contribution in [3.8, 4) is 24.7 Å². The van der Waals surface area contributed by atoms with Gasteiger partial charge in [-0.05, 0) is 0 Å². The Hall–Kier alpha value is -0.180. The van der Waals surface area contributed by atoms with E-state index in [0.717, 1.165) is 23.0 Å². The second-order valence-electron chi connectivity index (χ2n) is 1.51. The molecule has 54 valence electrons. The van der Waals surface area contributed by atoms with E-state index in [1.807, 2.05) is 0 Å². The molecule has 0 bridgehead atoms. The van der Waals surface area contributed by atoms with Gasteiger partial charge in [-0.25, -0.2) is 0 Å². The van der Waals surface area contributed by atoms with E-state index in [2.05, 4.69) is 11.8 Å². The smallest absolute Gasteiger partial charge is 0.0545 e. The Morgan fingerprint density at radius 3 is 1.60 bits per heavy atom. The number of hydrogen-bond donors (Lipinski definition) is 0. The van der Waals surface area contributed by atoms with Gasteiger partial charge in [0.25, 0.3) is 0 Å². The zero-order valence-electron chi connectivity index (χ0n) is 5.80. The van der Waals surface area contributed by atoms with E-state index in [0.29, 0.717) is 0 Å². The van der Waals surface area contributed by atoms with E-state index in [-0.39, 0.29) is 0 Å². The van der Waals surface area contributed by atoms with Crippen LogP contribution in [-0.2, 0) is 0 Å². The Morgan fingerprint density at radius 2 is 1.30 bits per heavy atom. The highest BCUT2D eigenvalue weighted by Crippen LogP contribution is 2.04. The molecule has 10 heavy (non-hydrogen) atoms. The molecule has 0 spiro atoms. The molecule has 0 nitrogen and oxygen atoms in total. The highest BCUT2D eigenvalue weighted by atomic mass is 32.2. The average molecular weight is 170 g/mol. The molecule has 0 atom stereocenters. The second-order valence-corrected chi connectivity index (χ2v) is 3.72. The first kappa shape index (κ1) is 9.82. The lowest BCUT2D eigenvalue weighted by atomic mass is 10.8. The largest absolute Gasteiger partial charge is 0.148 e. The number of terminal acetylenes is 2. The molecule has 0 fully saturated rings. The van der Waals surface area contributed by atoms with E-state index in [1.165, 1.54) is 0 Å². The summed E-state index contributed by atoms with van der Waals surface area (Å²) in [6, 6.07) is 0. The van der Waals surface area contributed by atoms with Crippen LogP contribution in [-0.4, -0.2) is 23.0 Å². The minimum absolute atomic E-state index is 0.816. The molecule has 0 aromatic heterocycles. The minimum Gasteiger partial charge on any atom is -0.148 e. The van der Waals surface area contributed by atoms with Crippen LogP contribution in [0.1, 0.15) is 0 Å². The molecule has 0 unspecified atom stereocenters. The van der Waals surface area contributed by atoms with E-state index in [9.17, 15) is 0 Å². The van der Waals surface area contributed by atoms with Crippen LogP contribution in [0.2, 0.25) is 0 Å². The maximum Gasteiger partial charge on any atom is 0.0545 e. The normalized spacial score (nSPS) is 8.20. The lowest BCUT2D eigenvalue weighted by Crippen LogP contribution is -1.85. The molecule has 0 radical (unpaired) electrons. The zero-order chi connectivity index (χ0) is 7.66. The van der Waals surface area contributed by atoms with Crippen LogP contribution in [0.4, 0.5) is 0 Å². The fourth-order valence-electron chi connectivity index (χ4n) is 0.380. The van der Waals surface area contributed by atoms with E-state index in [1.54, 1.807) is 23.5 Å². The summed E-state index contributed by atoms with van der Waals surface area (Å²) in [5, 5.41) is 0. The summed E-state index contributed by atoms with van der Waals surface area (Å²) >= 11 is 3.56. The molecule has 0 saturated carbocycles. The quantitative estimate of drug-likeness (QED) is 0.455. The Bertz CT molecular complexity index is 120. The van der Waals surface area contributed by atoms with E-state index in [4.69, 9.17) is 12.8 Å². The maximum absolute atomic E-state index is 5.06. The standard InChI is InChI=1S/C8H10S2/c1-3-5-9-7-8-10-6-4-2/h1-2H,5-8H2. The van der Waals surface area contributed by atoms with Gasteiger partial charge in [-0.3, -0.25) is 0 Å². The van der Waals surface area contributed by atoms with Crippen molar-refractivity contribution in [2.45, 2.75) is 0 Å². The van der Waals surface area contributed by atoms with Crippen LogP contribution in [0.15, 0.2) is 0 Å². The van der Waals surface area contributed by atoms with Gasteiger partial charge in [0.05, 0.1) is 11.5 Å². The lowest BCUT2D eigenvalue weighted by molar-refractivity contribution is 1.54. The van der Waals surface area contributed by atoms with Crippen molar-refractivity contribution in [2.75, 3.05) is 23.0 Å². The van der Waals surface area contributed by atoms with Gasteiger partial charge in [0, 0.05) is 11.5 Å². The van der Waals surface area contributed by atoms with Crippen molar-refractivity contribution in [3.63, 3.8) is 0 Å². The van der Waals surface area contributed by atoms with Gasteiger partial charge >= 0.3 is 0 Å². The van der Waals surface area contributed by atoms with Crippen molar-refractivity contribution >= 4 is 23.5 Å². The first-order chi connectivity index (χ1) is 4.91. The predicted molar refractivity (Wildman–Crippen MR) is 52.3 cm³/mol. The topological polar surface area (TPSA) is 0 Å². The highest BCUT2D eigenvalue weighted by Gasteiger charge is 1.85. The van der Waals surface area contributed by atoms with Crippen LogP contribution in [0.3, 0.4) is 0 Å². The number of thioether (sulfide) groups is 2. The van der Waals surface area contributed by atoms with Crippen LogP contribution in [0.5, 0.6) is 0 Å². The lowest BCUT2D eigenvalue weighted by Gasteiger charge is -1.93. The monoisotopic (exact) mass is 170 g/mol. The fraction of sp³-hybridized carbons (Fsp3) is 0.500. The number of hydrogen-bond acceptors (Lipinski definition) is 2. The molecule has 0 aromatic carbocycles. The second kappa shape index (κ2) is 8.82. The summed E-state index contributed by atoms with van der Waals surface area (Å²) in [6.07, 6.45) is 10.1. The van der Waals surface area contributed by atoms with Crippen LogP contribution >= 0.6 is 23.5 Å². The number of rotatable bonds is 5. The zero-order valence-corrected chi connectivity index (χ0v) is 7.43. The van der Waals surface area contributed by atoms with Gasteiger partial charge in [0.2, 0.25) is 0 Å². The molecule has 0 heterocycles. The first-order valence-corrected chi connectivity index (χ1v) is 5.25. The minimum atomic E-state index is 0.816. The van der Waals surface area contributed by atoms with Crippen molar-refractivity contribution in [1.82, 2.24) is 0 Å². The third-order valence-electron chi connectivity index (χ3n) is 0.743. The maximum atomic E-state index is 5.06. The van der Waals surface area contributed by atoms with Crippen LogP contribution < -0.4 is 0 Å². The fourth-order valence-corrected chi connectivity index (χ4v) is 1.85. The van der Waals surface area contributed by atoms with Crippen LogP contribution in [0.25, 0.3) is 0 Å². The van der Waals surface area contributed by atoms with Gasteiger partial charge in [0.15, 0.2) is 0 Å². The summed E-state index contributed by atoms with van der Waals surface area (Å²) in [6.45, 7) is 0. The van der Waals surface area contributed by atoms with Gasteiger partial charge < -0.3 is 0 Å². The van der Waals surface area contributed by atoms with Gasteiger partial charge in [-0.2, -0.15) is 0 Å². The Morgan fingerprint density at radius 1 is 0.900 bits per heavy atom. The molecule has 0 aliphatic carbocycles. The van der Waals surface area contributed by atoms with E-state index < -0.39 is 0 Å². The molecular weight excluding hydrogens is 160 g/mol. The van der Waals surface area contributed by atoms with Crippen molar-refractivity contribution in [2.24, 2.45) is 0 Å². The Kier molecular flexibility index (Phi) is 8.66. The summed E-state index contributed by atoms with van der Waals surface area (Å²) < 4.78 is 0. The molecule has 0 N–H and O–H groups in total. The Labute approximate surface area is 71.5 Å². The summed E-state index contributed by atoms with van der Waals surface area (Å²) in [7, 11) is 0. The first-order valence-electron chi connectivity index (χ1n) is 2.94. The predicted octanol–water partition coefficient (Wildman–Crippen LogP) is 1.72. The summed E-state index contributed by atoms with van der Waals surface area (Å²) in [5.74, 6) is 8.99. The van der Waals surface area contributed by atoms with Crippen LogP contribution in [0, 0.1) is 24.7 Å². The molecule has 0 amide bonds. The highest BCUT2D eigenvalue weighted by molar-refractivity contribution is 8.03. The third-order valence-corrected chi connectivity index (χ3v) is 2.73. The van der Waals surface area contributed by atoms with Gasteiger partial charge in [0.1, 0.15) is 0 Å². The van der Waals surface area contributed by atoms with Gasteiger partial charge in [-0.1, -0.05) is 11.8 Å². The summed E-state index contributed by atoms with van der Waals surface area (Å²) in [4.78, 5) is 0. The molecule has 0 aliphatic heterocycles. The van der Waals surface area contributed by atoms with E-state index >= 15 is 0 Å². The molecular formula is C8H10S2. The van der Waals surface area contributed by atoms with Gasteiger partial charge in [-0.15, -0.1) is 36.4 Å².